The zero-order valence-electron chi connectivity index (χ0n) is 18.6. The molecule has 0 aliphatic carbocycles. The molecular formula is C26H50. The van der Waals surface area contributed by atoms with Crippen LogP contribution in [-0.2, 0) is 0 Å². The topological polar surface area (TPSA) is 0 Å². The standard InChI is InChI=1S/C26H50/c1-6-8-9-11-15-20-25(4)22-17-18-23-26(5)21-16-13-10-12-14-19-24(3)7-2/h14,19,24-26H,1-2,6-13,15-18,20-23H2,3-5H3. The Hall–Kier alpha value is -0.260. The minimum Gasteiger partial charge on any atom is -0.0883 e. The van der Waals surface area contributed by atoms with E-state index in [4.69, 9.17) is 0 Å². The predicted octanol–water partition coefficient (Wildman–Crippen LogP) is 9.36. The summed E-state index contributed by atoms with van der Waals surface area (Å²) >= 11 is 0. The SMILES string of the molecule is [CH2]CCCCCCC(C)CCCCC(C)CCCCCC=CC(C)C[CH2]. The van der Waals surface area contributed by atoms with Crippen LogP contribution in [0.4, 0.5) is 0 Å². The Labute approximate surface area is 167 Å². The first kappa shape index (κ1) is 25.7. The second-order valence-corrected chi connectivity index (χ2v) is 8.88. The molecule has 0 saturated carbocycles. The number of hydrogen-bond donors (Lipinski definition) is 0. The molecule has 26 heavy (non-hydrogen) atoms. The zero-order valence-corrected chi connectivity index (χ0v) is 18.6. The maximum absolute atomic E-state index is 3.94. The van der Waals surface area contributed by atoms with Crippen molar-refractivity contribution < 1.29 is 0 Å². The zero-order chi connectivity index (χ0) is 19.5. The fourth-order valence-corrected chi connectivity index (χ4v) is 3.65. The third-order valence-corrected chi connectivity index (χ3v) is 5.83. The van der Waals surface area contributed by atoms with Crippen LogP contribution in [0.5, 0.6) is 0 Å². The lowest BCUT2D eigenvalue weighted by Gasteiger charge is -2.13. The Bertz CT molecular complexity index is 290. The highest BCUT2D eigenvalue weighted by atomic mass is 14.1. The van der Waals surface area contributed by atoms with E-state index in [0.29, 0.717) is 5.92 Å². The van der Waals surface area contributed by atoms with Crippen molar-refractivity contribution in [3.05, 3.63) is 26.0 Å². The predicted molar refractivity (Wildman–Crippen MR) is 121 cm³/mol. The number of hydrogen-bond acceptors (Lipinski definition) is 0. The third-order valence-electron chi connectivity index (χ3n) is 5.83. The summed E-state index contributed by atoms with van der Waals surface area (Å²) in [7, 11) is 0. The van der Waals surface area contributed by atoms with Crippen LogP contribution in [0.3, 0.4) is 0 Å². The summed E-state index contributed by atoms with van der Waals surface area (Å²) in [5.41, 5.74) is 0. The Morgan fingerprint density at radius 1 is 0.615 bits per heavy atom. The first-order chi connectivity index (χ1) is 12.6. The summed E-state index contributed by atoms with van der Waals surface area (Å²) in [5, 5.41) is 0. The lowest BCUT2D eigenvalue weighted by molar-refractivity contribution is 0.402. The summed E-state index contributed by atoms with van der Waals surface area (Å²) in [5.74, 6) is 2.51. The molecular weight excluding hydrogens is 312 g/mol. The Balaban J connectivity index is 3.38. The highest BCUT2D eigenvalue weighted by molar-refractivity contribution is 4.86. The van der Waals surface area contributed by atoms with Crippen molar-refractivity contribution in [2.45, 2.75) is 124 Å². The van der Waals surface area contributed by atoms with E-state index in [1.54, 1.807) is 0 Å². The molecule has 0 saturated heterocycles. The van der Waals surface area contributed by atoms with Crippen molar-refractivity contribution >= 4 is 0 Å². The molecule has 0 aliphatic heterocycles. The van der Waals surface area contributed by atoms with Crippen molar-refractivity contribution in [3.63, 3.8) is 0 Å². The molecule has 0 nitrogen and oxygen atoms in total. The van der Waals surface area contributed by atoms with Gasteiger partial charge in [0.15, 0.2) is 0 Å². The van der Waals surface area contributed by atoms with Crippen LogP contribution in [0.1, 0.15) is 124 Å². The van der Waals surface area contributed by atoms with E-state index in [1.807, 2.05) is 0 Å². The minimum atomic E-state index is 0.649. The average Bonchev–Trinajstić information content (AvgIpc) is 2.64. The van der Waals surface area contributed by atoms with Gasteiger partial charge in [0, 0.05) is 0 Å². The van der Waals surface area contributed by atoms with Gasteiger partial charge in [-0.3, -0.25) is 0 Å². The molecule has 3 unspecified atom stereocenters. The number of allylic oxidation sites excluding steroid dienone is 2. The fraction of sp³-hybridized carbons (Fsp3) is 0.846. The quantitative estimate of drug-likeness (QED) is 0.158. The van der Waals surface area contributed by atoms with Gasteiger partial charge in [-0.25, -0.2) is 0 Å². The molecule has 0 spiro atoms. The lowest BCUT2D eigenvalue weighted by atomic mass is 9.93. The van der Waals surface area contributed by atoms with E-state index in [9.17, 15) is 0 Å². The molecule has 2 radical (unpaired) electrons. The summed E-state index contributed by atoms with van der Waals surface area (Å²) in [6, 6.07) is 0. The first-order valence-electron chi connectivity index (χ1n) is 11.8. The van der Waals surface area contributed by atoms with Crippen LogP contribution >= 0.6 is 0 Å². The summed E-state index contributed by atoms with van der Waals surface area (Å²) in [6.07, 6.45) is 26.5. The van der Waals surface area contributed by atoms with Crippen LogP contribution in [0.25, 0.3) is 0 Å². The first-order valence-corrected chi connectivity index (χ1v) is 11.8. The molecule has 0 N–H and O–H groups in total. The largest absolute Gasteiger partial charge is 0.0883 e. The number of unbranched alkanes of at least 4 members (excludes halogenated alkanes) is 8. The smallest absolute Gasteiger partial charge is 0.0262 e. The lowest BCUT2D eigenvalue weighted by Crippen LogP contribution is -1.98. The van der Waals surface area contributed by atoms with Gasteiger partial charge in [0.2, 0.25) is 0 Å². The highest BCUT2D eigenvalue weighted by Gasteiger charge is 2.05. The molecule has 0 aliphatic rings. The molecule has 3 atom stereocenters. The van der Waals surface area contributed by atoms with Gasteiger partial charge in [-0.05, 0) is 37.0 Å². The monoisotopic (exact) mass is 362 g/mol. The van der Waals surface area contributed by atoms with Gasteiger partial charge in [-0.15, -0.1) is 0 Å². The molecule has 0 heterocycles. The van der Waals surface area contributed by atoms with Crippen LogP contribution in [0.15, 0.2) is 12.2 Å². The second-order valence-electron chi connectivity index (χ2n) is 8.88. The van der Waals surface area contributed by atoms with Gasteiger partial charge in [-0.2, -0.15) is 0 Å². The Kier molecular flexibility index (Phi) is 19.3. The van der Waals surface area contributed by atoms with Gasteiger partial charge in [0.05, 0.1) is 0 Å². The normalized spacial score (nSPS) is 15.4. The van der Waals surface area contributed by atoms with Gasteiger partial charge in [0.25, 0.3) is 0 Å². The molecule has 0 rings (SSSR count). The summed E-state index contributed by atoms with van der Waals surface area (Å²) < 4.78 is 0. The molecule has 0 aromatic carbocycles. The molecule has 0 fully saturated rings. The fourth-order valence-electron chi connectivity index (χ4n) is 3.65. The van der Waals surface area contributed by atoms with Crippen molar-refractivity contribution in [1.82, 2.24) is 0 Å². The van der Waals surface area contributed by atoms with Crippen LogP contribution in [-0.4, -0.2) is 0 Å². The molecule has 0 aromatic rings. The Morgan fingerprint density at radius 2 is 1.08 bits per heavy atom. The van der Waals surface area contributed by atoms with E-state index < -0.39 is 0 Å². The van der Waals surface area contributed by atoms with Gasteiger partial charge < -0.3 is 0 Å². The highest BCUT2D eigenvalue weighted by Crippen LogP contribution is 2.21. The maximum Gasteiger partial charge on any atom is -0.0262 e. The van der Waals surface area contributed by atoms with Crippen molar-refractivity contribution in [2.75, 3.05) is 0 Å². The minimum absolute atomic E-state index is 0.649. The number of rotatable bonds is 19. The van der Waals surface area contributed by atoms with Gasteiger partial charge >= 0.3 is 0 Å². The van der Waals surface area contributed by atoms with Gasteiger partial charge in [-0.1, -0.05) is 130 Å². The van der Waals surface area contributed by atoms with Crippen LogP contribution in [0, 0.1) is 31.6 Å². The molecule has 0 bridgehead atoms. The van der Waals surface area contributed by atoms with E-state index in [0.717, 1.165) is 24.7 Å². The van der Waals surface area contributed by atoms with Gasteiger partial charge in [0.1, 0.15) is 0 Å². The second kappa shape index (κ2) is 19.5. The van der Waals surface area contributed by atoms with Crippen molar-refractivity contribution in [3.8, 4) is 0 Å². The summed E-state index contributed by atoms with van der Waals surface area (Å²) in [6.45, 7) is 15.0. The average molecular weight is 363 g/mol. The van der Waals surface area contributed by atoms with E-state index in [-0.39, 0.29) is 0 Å². The van der Waals surface area contributed by atoms with Crippen molar-refractivity contribution in [1.29, 1.82) is 0 Å². The Morgan fingerprint density at radius 3 is 1.58 bits per heavy atom. The summed E-state index contributed by atoms with van der Waals surface area (Å²) in [4.78, 5) is 0. The third kappa shape index (κ3) is 18.5. The molecule has 154 valence electrons. The van der Waals surface area contributed by atoms with Crippen LogP contribution in [0.2, 0.25) is 0 Å². The van der Waals surface area contributed by atoms with E-state index >= 15 is 0 Å². The molecule has 0 heteroatoms. The molecule has 0 aromatic heterocycles. The van der Waals surface area contributed by atoms with Crippen LogP contribution < -0.4 is 0 Å². The van der Waals surface area contributed by atoms with E-state index in [2.05, 4.69) is 46.8 Å². The van der Waals surface area contributed by atoms with E-state index in [1.165, 1.54) is 89.9 Å². The maximum atomic E-state index is 3.94. The molecule has 0 amide bonds. The van der Waals surface area contributed by atoms with Crippen molar-refractivity contribution in [2.24, 2.45) is 17.8 Å².